The third-order valence-corrected chi connectivity index (χ3v) is 4.47. The minimum Gasteiger partial charge on any atom is -0.485 e. The van der Waals surface area contributed by atoms with Crippen LogP contribution >= 0.6 is 39.1 Å². The Bertz CT molecular complexity index is 662. The SMILES string of the molecule is N[C@@H]1CC(c2ccc(Br)cc2Cl)Oc2ccc(Cl)cc21. The summed E-state index contributed by atoms with van der Waals surface area (Å²) >= 11 is 15.7. The van der Waals surface area contributed by atoms with Crippen molar-refractivity contribution in [3.63, 3.8) is 0 Å². The van der Waals surface area contributed by atoms with Gasteiger partial charge in [0, 0.05) is 38.1 Å². The van der Waals surface area contributed by atoms with Crippen LogP contribution in [-0.2, 0) is 0 Å². The summed E-state index contributed by atoms with van der Waals surface area (Å²) in [6.07, 6.45) is 0.536. The highest BCUT2D eigenvalue weighted by molar-refractivity contribution is 9.10. The fraction of sp³-hybridized carbons (Fsp3) is 0.200. The highest BCUT2D eigenvalue weighted by Gasteiger charge is 2.28. The maximum atomic E-state index is 6.29. The number of benzene rings is 2. The lowest BCUT2D eigenvalue weighted by Crippen LogP contribution is -2.24. The molecule has 0 amide bonds. The van der Waals surface area contributed by atoms with Gasteiger partial charge in [0.2, 0.25) is 0 Å². The first-order valence-corrected chi connectivity index (χ1v) is 7.76. The van der Waals surface area contributed by atoms with E-state index in [0.29, 0.717) is 16.5 Å². The van der Waals surface area contributed by atoms with Gasteiger partial charge in [0.25, 0.3) is 0 Å². The molecule has 0 bridgehead atoms. The molecular formula is C15H12BrCl2NO. The highest BCUT2D eigenvalue weighted by Crippen LogP contribution is 2.42. The smallest absolute Gasteiger partial charge is 0.127 e. The van der Waals surface area contributed by atoms with E-state index in [0.717, 1.165) is 21.3 Å². The van der Waals surface area contributed by atoms with E-state index in [1.54, 1.807) is 6.07 Å². The summed E-state index contributed by atoms with van der Waals surface area (Å²) < 4.78 is 6.97. The van der Waals surface area contributed by atoms with E-state index in [1.807, 2.05) is 30.3 Å². The van der Waals surface area contributed by atoms with E-state index in [9.17, 15) is 0 Å². The molecule has 0 aromatic heterocycles. The molecule has 20 heavy (non-hydrogen) atoms. The lowest BCUT2D eigenvalue weighted by Gasteiger charge is -2.31. The van der Waals surface area contributed by atoms with Gasteiger partial charge in [-0.1, -0.05) is 45.2 Å². The van der Waals surface area contributed by atoms with Crippen LogP contribution in [0.2, 0.25) is 10.0 Å². The van der Waals surface area contributed by atoms with Crippen molar-refractivity contribution >= 4 is 39.1 Å². The van der Waals surface area contributed by atoms with Crippen molar-refractivity contribution < 1.29 is 4.74 Å². The van der Waals surface area contributed by atoms with Crippen LogP contribution in [0.1, 0.15) is 29.7 Å². The van der Waals surface area contributed by atoms with Gasteiger partial charge >= 0.3 is 0 Å². The van der Waals surface area contributed by atoms with Gasteiger partial charge < -0.3 is 10.5 Å². The van der Waals surface area contributed by atoms with E-state index < -0.39 is 0 Å². The summed E-state index contributed by atoms with van der Waals surface area (Å²) in [5.41, 5.74) is 8.13. The first kappa shape index (κ1) is 14.2. The summed E-state index contributed by atoms with van der Waals surface area (Å²) in [4.78, 5) is 0. The first-order valence-electron chi connectivity index (χ1n) is 6.21. The zero-order valence-corrected chi connectivity index (χ0v) is 13.5. The molecule has 2 atom stereocenters. The quantitative estimate of drug-likeness (QED) is 0.738. The number of fused-ring (bicyclic) bond motifs is 1. The Morgan fingerprint density at radius 2 is 1.90 bits per heavy atom. The van der Waals surface area contributed by atoms with Crippen LogP contribution < -0.4 is 10.5 Å². The van der Waals surface area contributed by atoms with Crippen molar-refractivity contribution in [2.75, 3.05) is 0 Å². The molecule has 2 nitrogen and oxygen atoms in total. The van der Waals surface area contributed by atoms with Gasteiger partial charge in [0.05, 0.1) is 0 Å². The monoisotopic (exact) mass is 371 g/mol. The van der Waals surface area contributed by atoms with Crippen LogP contribution in [0.3, 0.4) is 0 Å². The average molecular weight is 373 g/mol. The molecule has 2 aromatic rings. The van der Waals surface area contributed by atoms with Crippen molar-refractivity contribution in [2.24, 2.45) is 5.73 Å². The van der Waals surface area contributed by atoms with E-state index in [-0.39, 0.29) is 12.1 Å². The Labute approximate surface area is 136 Å². The van der Waals surface area contributed by atoms with Gasteiger partial charge in [-0.25, -0.2) is 0 Å². The predicted octanol–water partition coefficient (Wildman–Crippen LogP) is 5.28. The molecule has 1 heterocycles. The lowest BCUT2D eigenvalue weighted by atomic mass is 9.93. The standard InChI is InChI=1S/C15H12BrCl2NO/c16-8-1-3-10(12(18)5-8)15-7-13(19)11-6-9(17)2-4-14(11)20-15/h1-6,13,15H,7,19H2/t13-,15?/m1/s1. The molecule has 2 aromatic carbocycles. The van der Waals surface area contributed by atoms with Crippen LogP contribution in [0.5, 0.6) is 5.75 Å². The Morgan fingerprint density at radius 3 is 2.65 bits per heavy atom. The molecule has 5 heteroatoms. The van der Waals surface area contributed by atoms with Crippen molar-refractivity contribution in [2.45, 2.75) is 18.6 Å². The van der Waals surface area contributed by atoms with Crippen LogP contribution in [0, 0.1) is 0 Å². The van der Waals surface area contributed by atoms with Gasteiger partial charge in [-0.3, -0.25) is 0 Å². The Morgan fingerprint density at radius 1 is 1.10 bits per heavy atom. The first-order chi connectivity index (χ1) is 9.54. The minimum absolute atomic E-state index is 0.109. The van der Waals surface area contributed by atoms with E-state index in [2.05, 4.69) is 15.9 Å². The Hall–Kier alpha value is -0.740. The van der Waals surface area contributed by atoms with Crippen molar-refractivity contribution in [1.82, 2.24) is 0 Å². The molecule has 3 rings (SSSR count). The van der Waals surface area contributed by atoms with Crippen LogP contribution in [0.4, 0.5) is 0 Å². The molecule has 0 radical (unpaired) electrons. The topological polar surface area (TPSA) is 35.2 Å². The summed E-state index contributed by atoms with van der Waals surface area (Å²) in [6, 6.07) is 11.2. The Kier molecular flexibility index (Phi) is 3.95. The molecule has 0 saturated heterocycles. The van der Waals surface area contributed by atoms with Crippen LogP contribution in [0.25, 0.3) is 0 Å². The number of halogens is 3. The Balaban J connectivity index is 1.97. The lowest BCUT2D eigenvalue weighted by molar-refractivity contribution is 0.161. The molecule has 0 spiro atoms. The average Bonchev–Trinajstić information content (AvgIpc) is 2.39. The number of rotatable bonds is 1. The van der Waals surface area contributed by atoms with Crippen LogP contribution in [0.15, 0.2) is 40.9 Å². The molecule has 104 valence electrons. The number of hydrogen-bond acceptors (Lipinski definition) is 2. The third kappa shape index (κ3) is 2.68. The normalized spacial score (nSPS) is 21.2. The van der Waals surface area contributed by atoms with Gasteiger partial charge in [0.15, 0.2) is 0 Å². The maximum absolute atomic E-state index is 6.29. The van der Waals surface area contributed by atoms with E-state index in [1.165, 1.54) is 0 Å². The second kappa shape index (κ2) is 5.57. The molecule has 0 saturated carbocycles. The van der Waals surface area contributed by atoms with Gasteiger partial charge in [0.1, 0.15) is 11.9 Å². The van der Waals surface area contributed by atoms with E-state index in [4.69, 9.17) is 33.7 Å². The highest BCUT2D eigenvalue weighted by atomic mass is 79.9. The molecule has 0 fully saturated rings. The summed E-state index contributed by atoms with van der Waals surface area (Å²) in [6.45, 7) is 0. The zero-order chi connectivity index (χ0) is 14.3. The van der Waals surface area contributed by atoms with Crippen molar-refractivity contribution in [3.8, 4) is 5.75 Å². The maximum Gasteiger partial charge on any atom is 0.127 e. The van der Waals surface area contributed by atoms with Gasteiger partial charge in [-0.2, -0.15) is 0 Å². The van der Waals surface area contributed by atoms with E-state index >= 15 is 0 Å². The van der Waals surface area contributed by atoms with Crippen LogP contribution in [-0.4, -0.2) is 0 Å². The summed E-state index contributed by atoms with van der Waals surface area (Å²) in [7, 11) is 0. The van der Waals surface area contributed by atoms with Gasteiger partial charge in [-0.05, 0) is 30.3 Å². The summed E-state index contributed by atoms with van der Waals surface area (Å²) in [5.74, 6) is 0.775. The van der Waals surface area contributed by atoms with Gasteiger partial charge in [-0.15, -0.1) is 0 Å². The number of ether oxygens (including phenoxy) is 1. The zero-order valence-electron chi connectivity index (χ0n) is 10.4. The summed E-state index contributed by atoms with van der Waals surface area (Å²) in [5, 5.41) is 1.34. The predicted molar refractivity (Wildman–Crippen MR) is 85.5 cm³/mol. The second-order valence-corrected chi connectivity index (χ2v) is 6.56. The second-order valence-electron chi connectivity index (χ2n) is 4.80. The number of hydrogen-bond donors (Lipinski definition) is 1. The fourth-order valence-electron chi connectivity index (χ4n) is 2.43. The number of nitrogens with two attached hydrogens (primary N) is 1. The van der Waals surface area contributed by atoms with Crippen molar-refractivity contribution in [3.05, 3.63) is 62.0 Å². The molecule has 0 aliphatic carbocycles. The third-order valence-electron chi connectivity index (χ3n) is 3.42. The molecule has 2 N–H and O–H groups in total. The molecule has 1 aliphatic rings. The molecule has 1 aliphatic heterocycles. The fourth-order valence-corrected chi connectivity index (χ4v) is 3.40. The van der Waals surface area contributed by atoms with Crippen molar-refractivity contribution in [1.29, 1.82) is 0 Å². The largest absolute Gasteiger partial charge is 0.485 e. The molecular weight excluding hydrogens is 361 g/mol. The minimum atomic E-state index is -0.140. The molecule has 1 unspecified atom stereocenters.